The fourth-order valence-corrected chi connectivity index (χ4v) is 1.34. The van der Waals surface area contributed by atoms with E-state index in [1.165, 1.54) is 0 Å². The summed E-state index contributed by atoms with van der Waals surface area (Å²) in [7, 11) is 0. The summed E-state index contributed by atoms with van der Waals surface area (Å²) in [5, 5.41) is 16.3. The van der Waals surface area contributed by atoms with Crippen LogP contribution in [0.3, 0.4) is 0 Å². The second-order valence-corrected chi connectivity index (χ2v) is 3.69. The van der Waals surface area contributed by atoms with Crippen molar-refractivity contribution in [3.05, 3.63) is 34.9 Å². The van der Waals surface area contributed by atoms with E-state index in [-0.39, 0.29) is 18.1 Å². The van der Waals surface area contributed by atoms with Crippen LogP contribution in [0, 0.1) is 13.8 Å². The lowest BCUT2D eigenvalue weighted by molar-refractivity contribution is 0.0684. The molecule has 2 aromatic heterocycles. The molecule has 0 aliphatic carbocycles. The van der Waals surface area contributed by atoms with Gasteiger partial charge in [-0.05, 0) is 26.0 Å². The number of rotatable bonds is 4. The molecular weight excluding hydrogens is 238 g/mol. The predicted octanol–water partition coefficient (Wildman–Crippen LogP) is 1.36. The molecule has 18 heavy (non-hydrogen) atoms. The smallest absolute Gasteiger partial charge is 0.358 e. The molecule has 0 atom stereocenters. The summed E-state index contributed by atoms with van der Waals surface area (Å²) < 4.78 is 9.89. The highest BCUT2D eigenvalue weighted by Gasteiger charge is 2.15. The molecule has 0 saturated heterocycles. The van der Waals surface area contributed by atoms with Crippen LogP contribution < -0.4 is 4.74 Å². The fraction of sp³-hybridized carbons (Fsp3) is 0.273. The Morgan fingerprint density at radius 1 is 1.39 bits per heavy atom. The van der Waals surface area contributed by atoms with Crippen molar-refractivity contribution in [2.45, 2.75) is 20.5 Å². The highest BCUT2D eigenvalue weighted by atomic mass is 16.6. The van der Waals surface area contributed by atoms with Gasteiger partial charge in [-0.1, -0.05) is 10.3 Å². The van der Waals surface area contributed by atoms with Crippen molar-refractivity contribution in [2.24, 2.45) is 0 Å². The molecular formula is C11H11N3O4. The third kappa shape index (κ3) is 2.45. The van der Waals surface area contributed by atoms with Crippen LogP contribution in [0.1, 0.15) is 27.6 Å². The standard InChI is InChI=1S/C11H11N3O4/c1-6-3-4-9(10(12-6)11(15)16)17-5-8-7(2)13-18-14-8/h3-4H,5H2,1-2H3,(H,15,16). The average molecular weight is 249 g/mol. The minimum Gasteiger partial charge on any atom is -0.485 e. The third-order valence-corrected chi connectivity index (χ3v) is 2.31. The Hall–Kier alpha value is -2.44. The fourth-order valence-electron chi connectivity index (χ4n) is 1.34. The summed E-state index contributed by atoms with van der Waals surface area (Å²) in [5.74, 6) is -0.945. The highest BCUT2D eigenvalue weighted by Crippen LogP contribution is 2.18. The van der Waals surface area contributed by atoms with E-state index >= 15 is 0 Å². The van der Waals surface area contributed by atoms with Crippen LogP contribution in [0.15, 0.2) is 16.8 Å². The molecule has 0 aliphatic rings. The molecule has 1 N–H and O–H groups in total. The first kappa shape index (κ1) is 12.0. The molecule has 7 nitrogen and oxygen atoms in total. The Kier molecular flexibility index (Phi) is 3.22. The van der Waals surface area contributed by atoms with Crippen molar-refractivity contribution in [3.63, 3.8) is 0 Å². The molecule has 0 bridgehead atoms. The number of carboxylic acid groups (broad SMARTS) is 1. The minimum absolute atomic E-state index is 0.0837. The molecule has 0 aliphatic heterocycles. The van der Waals surface area contributed by atoms with Gasteiger partial charge in [-0.15, -0.1) is 0 Å². The van der Waals surface area contributed by atoms with Crippen LogP contribution in [0.25, 0.3) is 0 Å². The first-order chi connectivity index (χ1) is 8.58. The van der Waals surface area contributed by atoms with Gasteiger partial charge < -0.3 is 9.84 Å². The Morgan fingerprint density at radius 3 is 2.78 bits per heavy atom. The number of aryl methyl sites for hydroxylation is 2. The first-order valence-corrected chi connectivity index (χ1v) is 5.19. The molecule has 2 rings (SSSR count). The number of nitrogens with zero attached hydrogens (tertiary/aromatic N) is 3. The third-order valence-electron chi connectivity index (χ3n) is 2.31. The van der Waals surface area contributed by atoms with Crippen LogP contribution in [0.2, 0.25) is 0 Å². The number of aromatic nitrogens is 3. The van der Waals surface area contributed by atoms with Gasteiger partial charge in [0.1, 0.15) is 18.0 Å². The number of ether oxygens (including phenoxy) is 1. The van der Waals surface area contributed by atoms with Crippen molar-refractivity contribution in [3.8, 4) is 5.75 Å². The Labute approximate surface area is 102 Å². The zero-order valence-electron chi connectivity index (χ0n) is 9.88. The molecule has 0 spiro atoms. The van der Waals surface area contributed by atoms with E-state index in [9.17, 15) is 4.79 Å². The molecule has 94 valence electrons. The second kappa shape index (κ2) is 4.82. The number of hydrogen-bond donors (Lipinski definition) is 1. The monoisotopic (exact) mass is 249 g/mol. The molecule has 0 saturated carbocycles. The van der Waals surface area contributed by atoms with Crippen molar-refractivity contribution in [2.75, 3.05) is 0 Å². The van der Waals surface area contributed by atoms with Gasteiger partial charge in [0.25, 0.3) is 0 Å². The van der Waals surface area contributed by atoms with E-state index in [4.69, 9.17) is 9.84 Å². The van der Waals surface area contributed by atoms with Gasteiger partial charge in [0.15, 0.2) is 11.4 Å². The number of aromatic carboxylic acids is 1. The van der Waals surface area contributed by atoms with Crippen molar-refractivity contribution >= 4 is 5.97 Å². The molecule has 0 amide bonds. The molecule has 2 aromatic rings. The van der Waals surface area contributed by atoms with E-state index in [1.807, 2.05) is 0 Å². The lowest BCUT2D eigenvalue weighted by Crippen LogP contribution is -2.07. The number of hydrogen-bond acceptors (Lipinski definition) is 6. The van der Waals surface area contributed by atoms with Crippen LogP contribution in [0.4, 0.5) is 0 Å². The normalized spacial score (nSPS) is 10.3. The number of carboxylic acids is 1. The highest BCUT2D eigenvalue weighted by molar-refractivity contribution is 5.88. The largest absolute Gasteiger partial charge is 0.485 e. The Morgan fingerprint density at radius 2 is 2.17 bits per heavy atom. The predicted molar refractivity (Wildman–Crippen MR) is 59.3 cm³/mol. The lowest BCUT2D eigenvalue weighted by atomic mass is 10.3. The quantitative estimate of drug-likeness (QED) is 0.873. The molecule has 0 unspecified atom stereocenters. The molecule has 0 fully saturated rings. The summed E-state index contributed by atoms with van der Waals surface area (Å²) in [5.41, 5.74) is 1.61. The second-order valence-electron chi connectivity index (χ2n) is 3.69. The van der Waals surface area contributed by atoms with Gasteiger partial charge >= 0.3 is 5.97 Å². The topological polar surface area (TPSA) is 98.3 Å². The Bertz CT molecular complexity index is 579. The molecule has 7 heteroatoms. The van der Waals surface area contributed by atoms with Crippen LogP contribution in [-0.4, -0.2) is 26.4 Å². The number of carbonyl (C=O) groups is 1. The van der Waals surface area contributed by atoms with E-state index in [1.54, 1.807) is 26.0 Å². The van der Waals surface area contributed by atoms with Crippen molar-refractivity contribution in [1.82, 2.24) is 15.3 Å². The molecule has 0 radical (unpaired) electrons. The first-order valence-electron chi connectivity index (χ1n) is 5.19. The van der Waals surface area contributed by atoms with Gasteiger partial charge in [-0.2, -0.15) is 0 Å². The maximum atomic E-state index is 11.0. The maximum Gasteiger partial charge on any atom is 0.358 e. The molecule has 0 aromatic carbocycles. The maximum absolute atomic E-state index is 11.0. The average Bonchev–Trinajstić information content (AvgIpc) is 2.73. The van der Waals surface area contributed by atoms with Gasteiger partial charge in [0, 0.05) is 5.69 Å². The van der Waals surface area contributed by atoms with Gasteiger partial charge in [-0.25, -0.2) is 14.4 Å². The van der Waals surface area contributed by atoms with Gasteiger partial charge in [0.05, 0.1) is 0 Å². The van der Waals surface area contributed by atoms with Gasteiger partial charge in [-0.3, -0.25) is 0 Å². The zero-order chi connectivity index (χ0) is 13.1. The van der Waals surface area contributed by atoms with Gasteiger partial charge in [0.2, 0.25) is 0 Å². The van der Waals surface area contributed by atoms with Crippen LogP contribution in [0.5, 0.6) is 5.75 Å². The summed E-state index contributed by atoms with van der Waals surface area (Å²) in [6.07, 6.45) is 0. The summed E-state index contributed by atoms with van der Waals surface area (Å²) in [6, 6.07) is 3.24. The van der Waals surface area contributed by atoms with E-state index < -0.39 is 5.97 Å². The van der Waals surface area contributed by atoms with E-state index in [2.05, 4.69) is 19.9 Å². The lowest BCUT2D eigenvalue weighted by Gasteiger charge is -2.07. The van der Waals surface area contributed by atoms with Crippen LogP contribution >= 0.6 is 0 Å². The van der Waals surface area contributed by atoms with Crippen LogP contribution in [-0.2, 0) is 6.61 Å². The molecule has 2 heterocycles. The zero-order valence-corrected chi connectivity index (χ0v) is 9.88. The summed E-state index contributed by atoms with van der Waals surface area (Å²) >= 11 is 0. The van der Waals surface area contributed by atoms with E-state index in [0.717, 1.165) is 0 Å². The summed E-state index contributed by atoms with van der Waals surface area (Å²) in [6.45, 7) is 3.52. The SMILES string of the molecule is Cc1ccc(OCc2nonc2C)c(C(=O)O)n1. The Balaban J connectivity index is 2.19. The van der Waals surface area contributed by atoms with Crippen molar-refractivity contribution in [1.29, 1.82) is 0 Å². The van der Waals surface area contributed by atoms with E-state index in [0.29, 0.717) is 17.1 Å². The minimum atomic E-state index is -1.14. The number of pyridine rings is 1. The van der Waals surface area contributed by atoms with Crippen molar-refractivity contribution < 1.29 is 19.3 Å². The summed E-state index contributed by atoms with van der Waals surface area (Å²) in [4.78, 5) is 14.9.